The standard InChI is InChI=1S/C15H21FN2O/c16-13-8-7-11(9-14(13)17)15(19)10-18-12-5-3-1-2-4-6-12/h7-9,12,18H,1-6,10,17H2. The Morgan fingerprint density at radius 3 is 2.58 bits per heavy atom. The van der Waals surface area contributed by atoms with Crippen LogP contribution in [0.1, 0.15) is 48.9 Å². The molecule has 3 N–H and O–H groups in total. The molecule has 0 atom stereocenters. The van der Waals surface area contributed by atoms with E-state index in [0.29, 0.717) is 18.2 Å². The number of Topliss-reactive ketones (excluding diaryl/α,β-unsaturated/α-hetero) is 1. The third-order valence-corrected chi connectivity index (χ3v) is 3.72. The van der Waals surface area contributed by atoms with E-state index < -0.39 is 5.82 Å². The normalized spacial score (nSPS) is 17.1. The predicted molar refractivity (Wildman–Crippen MR) is 74.6 cm³/mol. The molecule has 0 radical (unpaired) electrons. The van der Waals surface area contributed by atoms with Crippen LogP contribution in [0.3, 0.4) is 0 Å². The molecule has 3 nitrogen and oxygen atoms in total. The van der Waals surface area contributed by atoms with Crippen molar-refractivity contribution < 1.29 is 9.18 Å². The van der Waals surface area contributed by atoms with Crippen molar-refractivity contribution in [2.45, 2.75) is 44.6 Å². The largest absolute Gasteiger partial charge is 0.396 e. The molecular formula is C15H21FN2O. The lowest BCUT2D eigenvalue weighted by Crippen LogP contribution is -2.33. The van der Waals surface area contributed by atoms with E-state index in [-0.39, 0.29) is 11.5 Å². The minimum atomic E-state index is -0.478. The zero-order valence-electron chi connectivity index (χ0n) is 11.1. The molecule has 1 aliphatic rings. The molecule has 0 saturated heterocycles. The van der Waals surface area contributed by atoms with E-state index in [2.05, 4.69) is 5.32 Å². The molecular weight excluding hydrogens is 243 g/mol. The molecule has 1 saturated carbocycles. The van der Waals surface area contributed by atoms with Crippen molar-refractivity contribution in [3.05, 3.63) is 29.6 Å². The van der Waals surface area contributed by atoms with Crippen LogP contribution in [0.15, 0.2) is 18.2 Å². The summed E-state index contributed by atoms with van der Waals surface area (Å²) in [6, 6.07) is 4.58. The minimum absolute atomic E-state index is 0.0281. The maximum atomic E-state index is 13.0. The minimum Gasteiger partial charge on any atom is -0.396 e. The van der Waals surface area contributed by atoms with Gasteiger partial charge in [0.15, 0.2) is 5.78 Å². The van der Waals surface area contributed by atoms with Crippen LogP contribution in [-0.4, -0.2) is 18.4 Å². The number of halogens is 1. The summed E-state index contributed by atoms with van der Waals surface area (Å²) in [4.78, 5) is 12.0. The lowest BCUT2D eigenvalue weighted by molar-refractivity contribution is 0.0986. The predicted octanol–water partition coefficient (Wildman–Crippen LogP) is 2.90. The Hall–Kier alpha value is -1.42. The highest BCUT2D eigenvalue weighted by molar-refractivity contribution is 5.98. The maximum Gasteiger partial charge on any atom is 0.176 e. The van der Waals surface area contributed by atoms with E-state index in [0.717, 1.165) is 12.8 Å². The van der Waals surface area contributed by atoms with Crippen LogP contribution in [-0.2, 0) is 0 Å². The van der Waals surface area contributed by atoms with E-state index in [1.165, 1.54) is 43.9 Å². The number of anilines is 1. The third-order valence-electron chi connectivity index (χ3n) is 3.72. The molecule has 0 aromatic heterocycles. The highest BCUT2D eigenvalue weighted by Gasteiger charge is 2.14. The number of ketones is 1. The number of rotatable bonds is 4. The van der Waals surface area contributed by atoms with Gasteiger partial charge in [-0.1, -0.05) is 25.7 Å². The van der Waals surface area contributed by atoms with Gasteiger partial charge in [0.2, 0.25) is 0 Å². The quantitative estimate of drug-likeness (QED) is 0.499. The number of carbonyl (C=O) groups is 1. The summed E-state index contributed by atoms with van der Waals surface area (Å²) in [6.45, 7) is 0.301. The Bertz CT molecular complexity index is 440. The molecule has 0 heterocycles. The maximum absolute atomic E-state index is 13.0. The Morgan fingerprint density at radius 1 is 1.26 bits per heavy atom. The van der Waals surface area contributed by atoms with E-state index in [1.54, 1.807) is 0 Å². The van der Waals surface area contributed by atoms with Crippen LogP contribution in [0.4, 0.5) is 10.1 Å². The molecule has 1 aliphatic carbocycles. The topological polar surface area (TPSA) is 55.1 Å². The number of nitrogen functional groups attached to an aromatic ring is 1. The number of hydrogen-bond acceptors (Lipinski definition) is 3. The summed E-state index contributed by atoms with van der Waals surface area (Å²) in [5.41, 5.74) is 5.97. The van der Waals surface area contributed by atoms with Crippen molar-refractivity contribution in [2.75, 3.05) is 12.3 Å². The average Bonchev–Trinajstić information content (AvgIpc) is 2.67. The van der Waals surface area contributed by atoms with Crippen LogP contribution in [0.2, 0.25) is 0 Å². The second-order valence-electron chi connectivity index (χ2n) is 5.23. The van der Waals surface area contributed by atoms with E-state index >= 15 is 0 Å². The molecule has 1 aromatic carbocycles. The van der Waals surface area contributed by atoms with Gasteiger partial charge in [0, 0.05) is 11.6 Å². The fourth-order valence-electron chi connectivity index (χ4n) is 2.54. The molecule has 104 valence electrons. The highest BCUT2D eigenvalue weighted by Crippen LogP contribution is 2.17. The van der Waals surface area contributed by atoms with Gasteiger partial charge in [0.1, 0.15) is 5.82 Å². The second kappa shape index (κ2) is 6.66. The number of hydrogen-bond donors (Lipinski definition) is 2. The first-order chi connectivity index (χ1) is 9.16. The summed E-state index contributed by atoms with van der Waals surface area (Å²) < 4.78 is 13.0. The van der Waals surface area contributed by atoms with E-state index in [4.69, 9.17) is 5.73 Å². The smallest absolute Gasteiger partial charge is 0.176 e. The van der Waals surface area contributed by atoms with Crippen molar-refractivity contribution in [1.82, 2.24) is 5.32 Å². The molecule has 19 heavy (non-hydrogen) atoms. The van der Waals surface area contributed by atoms with Gasteiger partial charge in [0.25, 0.3) is 0 Å². The van der Waals surface area contributed by atoms with Crippen LogP contribution in [0.5, 0.6) is 0 Å². The molecule has 0 unspecified atom stereocenters. The van der Waals surface area contributed by atoms with Gasteiger partial charge in [-0.3, -0.25) is 4.79 Å². The number of nitrogens with two attached hydrogens (primary N) is 1. The summed E-state index contributed by atoms with van der Waals surface area (Å²) in [7, 11) is 0. The van der Waals surface area contributed by atoms with Gasteiger partial charge in [0.05, 0.1) is 12.2 Å². The zero-order valence-corrected chi connectivity index (χ0v) is 11.1. The lowest BCUT2D eigenvalue weighted by atomic mass is 10.1. The molecule has 0 aliphatic heterocycles. The highest BCUT2D eigenvalue weighted by atomic mass is 19.1. The molecule has 1 fully saturated rings. The average molecular weight is 264 g/mol. The van der Waals surface area contributed by atoms with E-state index in [9.17, 15) is 9.18 Å². The molecule has 1 aromatic rings. The fraction of sp³-hybridized carbons (Fsp3) is 0.533. The van der Waals surface area contributed by atoms with Gasteiger partial charge in [-0.2, -0.15) is 0 Å². The van der Waals surface area contributed by atoms with Gasteiger partial charge in [-0.25, -0.2) is 4.39 Å². The van der Waals surface area contributed by atoms with Crippen molar-refractivity contribution >= 4 is 11.5 Å². The van der Waals surface area contributed by atoms with Crippen LogP contribution >= 0.6 is 0 Å². The number of nitrogens with one attached hydrogen (secondary N) is 1. The zero-order chi connectivity index (χ0) is 13.7. The molecule has 0 spiro atoms. The van der Waals surface area contributed by atoms with Gasteiger partial charge in [-0.05, 0) is 31.0 Å². The Kier molecular flexibility index (Phi) is 4.91. The fourth-order valence-corrected chi connectivity index (χ4v) is 2.54. The van der Waals surface area contributed by atoms with Gasteiger partial charge in [-0.15, -0.1) is 0 Å². The Balaban J connectivity index is 1.87. The third kappa shape index (κ3) is 4.03. The SMILES string of the molecule is Nc1cc(C(=O)CNC2CCCCCC2)ccc1F. The van der Waals surface area contributed by atoms with Crippen molar-refractivity contribution in [3.63, 3.8) is 0 Å². The first-order valence-electron chi connectivity index (χ1n) is 6.98. The van der Waals surface area contributed by atoms with Crippen molar-refractivity contribution in [3.8, 4) is 0 Å². The number of benzene rings is 1. The van der Waals surface area contributed by atoms with Crippen molar-refractivity contribution in [2.24, 2.45) is 0 Å². The monoisotopic (exact) mass is 264 g/mol. The summed E-state index contributed by atoms with van der Waals surface area (Å²) in [6.07, 6.45) is 7.32. The molecule has 4 heteroatoms. The molecule has 2 rings (SSSR count). The lowest BCUT2D eigenvalue weighted by Gasteiger charge is -2.15. The van der Waals surface area contributed by atoms with Crippen molar-refractivity contribution in [1.29, 1.82) is 0 Å². The van der Waals surface area contributed by atoms with E-state index in [1.807, 2.05) is 0 Å². The second-order valence-corrected chi connectivity index (χ2v) is 5.23. The van der Waals surface area contributed by atoms with Gasteiger partial charge >= 0.3 is 0 Å². The van der Waals surface area contributed by atoms with Crippen LogP contribution in [0.25, 0.3) is 0 Å². The Labute approximate surface area is 113 Å². The number of carbonyl (C=O) groups excluding carboxylic acids is 1. The summed E-state index contributed by atoms with van der Waals surface area (Å²) >= 11 is 0. The molecule has 0 bridgehead atoms. The Morgan fingerprint density at radius 2 is 1.95 bits per heavy atom. The van der Waals surface area contributed by atoms with Crippen LogP contribution in [0, 0.1) is 5.82 Å². The summed E-state index contributed by atoms with van der Waals surface area (Å²) in [5.74, 6) is -0.510. The van der Waals surface area contributed by atoms with Gasteiger partial charge < -0.3 is 11.1 Å². The van der Waals surface area contributed by atoms with Crippen LogP contribution < -0.4 is 11.1 Å². The first-order valence-corrected chi connectivity index (χ1v) is 6.98. The summed E-state index contributed by atoms with van der Waals surface area (Å²) in [5, 5.41) is 3.31. The molecule has 0 amide bonds. The first kappa shape index (κ1) is 14.0.